The van der Waals surface area contributed by atoms with E-state index in [4.69, 9.17) is 8.83 Å². The van der Waals surface area contributed by atoms with Crippen molar-refractivity contribution >= 4 is 16.9 Å². The smallest absolute Gasteiger partial charge is 0.309 e. The molecule has 6 heteroatoms. The fraction of sp³-hybridized carbons (Fsp3) is 0.312. The van der Waals surface area contributed by atoms with Gasteiger partial charge in [0, 0.05) is 17.0 Å². The third-order valence-corrected chi connectivity index (χ3v) is 3.65. The second-order valence-corrected chi connectivity index (χ2v) is 5.25. The Morgan fingerprint density at radius 1 is 1.27 bits per heavy atom. The van der Waals surface area contributed by atoms with Crippen molar-refractivity contribution in [3.63, 3.8) is 0 Å². The van der Waals surface area contributed by atoms with Crippen LogP contribution in [0.3, 0.4) is 0 Å². The minimum atomic E-state index is -0.373. The molecule has 1 unspecified atom stereocenters. The highest BCUT2D eigenvalue weighted by Crippen LogP contribution is 2.31. The predicted octanol–water partition coefficient (Wildman–Crippen LogP) is 3.32. The zero-order chi connectivity index (χ0) is 15.7. The molecule has 0 saturated carbocycles. The van der Waals surface area contributed by atoms with E-state index in [1.54, 1.807) is 0 Å². The van der Waals surface area contributed by atoms with Gasteiger partial charge in [0.1, 0.15) is 5.58 Å². The molecule has 1 amide bonds. The van der Waals surface area contributed by atoms with Gasteiger partial charge in [-0.25, -0.2) is 0 Å². The number of carbonyl (C=O) groups is 1. The first kappa shape index (κ1) is 14.3. The molecule has 3 rings (SSSR count). The van der Waals surface area contributed by atoms with Gasteiger partial charge in [-0.15, -0.1) is 10.2 Å². The van der Waals surface area contributed by atoms with Crippen molar-refractivity contribution in [3.8, 4) is 11.7 Å². The number of benzene rings is 1. The summed E-state index contributed by atoms with van der Waals surface area (Å²) in [6.45, 7) is 5.82. The minimum Gasteiger partial charge on any atom is -0.451 e. The van der Waals surface area contributed by atoms with Crippen LogP contribution in [0.2, 0.25) is 0 Å². The Morgan fingerprint density at radius 2 is 2.05 bits per heavy atom. The summed E-state index contributed by atoms with van der Waals surface area (Å²) in [4.78, 5) is 12.0. The first-order valence-electron chi connectivity index (χ1n) is 7.23. The number of furan rings is 1. The number of hydrogen-bond acceptors (Lipinski definition) is 5. The van der Waals surface area contributed by atoms with Crippen molar-refractivity contribution in [3.05, 3.63) is 35.7 Å². The van der Waals surface area contributed by atoms with Crippen molar-refractivity contribution in [1.29, 1.82) is 0 Å². The van der Waals surface area contributed by atoms with Crippen LogP contribution in [0.1, 0.15) is 36.5 Å². The highest BCUT2D eigenvalue weighted by Gasteiger charge is 2.21. The fourth-order valence-corrected chi connectivity index (χ4v) is 2.17. The van der Waals surface area contributed by atoms with Crippen molar-refractivity contribution < 1.29 is 13.6 Å². The van der Waals surface area contributed by atoms with Crippen molar-refractivity contribution in [2.45, 2.75) is 33.2 Å². The van der Waals surface area contributed by atoms with E-state index < -0.39 is 0 Å². The lowest BCUT2D eigenvalue weighted by molar-refractivity contribution is 0.0904. The lowest BCUT2D eigenvalue weighted by Crippen LogP contribution is -2.32. The van der Waals surface area contributed by atoms with E-state index in [0.717, 1.165) is 23.0 Å². The second kappa shape index (κ2) is 5.63. The highest BCUT2D eigenvalue weighted by atomic mass is 16.4. The average Bonchev–Trinajstić information content (AvgIpc) is 3.12. The van der Waals surface area contributed by atoms with Crippen molar-refractivity contribution in [2.24, 2.45) is 0 Å². The average molecular weight is 299 g/mol. The van der Waals surface area contributed by atoms with Crippen molar-refractivity contribution in [1.82, 2.24) is 15.5 Å². The van der Waals surface area contributed by atoms with Crippen LogP contribution in [0.4, 0.5) is 0 Å². The number of nitrogens with zero attached hydrogens (tertiary/aromatic N) is 2. The largest absolute Gasteiger partial charge is 0.451 e. The molecule has 6 nitrogen and oxygen atoms in total. The van der Waals surface area contributed by atoms with E-state index in [0.29, 0.717) is 5.76 Å². The highest BCUT2D eigenvalue weighted by molar-refractivity contribution is 5.90. The number of hydrogen-bond donors (Lipinski definition) is 1. The van der Waals surface area contributed by atoms with Crippen LogP contribution in [0.25, 0.3) is 22.6 Å². The van der Waals surface area contributed by atoms with E-state index >= 15 is 0 Å². The number of para-hydroxylation sites is 1. The third kappa shape index (κ3) is 2.47. The molecule has 114 valence electrons. The van der Waals surface area contributed by atoms with Crippen LogP contribution in [-0.2, 0) is 0 Å². The molecule has 2 aromatic heterocycles. The van der Waals surface area contributed by atoms with Gasteiger partial charge in [-0.2, -0.15) is 0 Å². The van der Waals surface area contributed by atoms with E-state index in [1.807, 2.05) is 45.0 Å². The molecule has 1 atom stereocenters. The van der Waals surface area contributed by atoms with Gasteiger partial charge in [0.05, 0.1) is 0 Å². The Kier molecular flexibility index (Phi) is 3.66. The summed E-state index contributed by atoms with van der Waals surface area (Å²) < 4.78 is 11.2. The Bertz CT molecular complexity index is 819. The normalized spacial score (nSPS) is 12.5. The van der Waals surface area contributed by atoms with Gasteiger partial charge in [-0.05, 0) is 26.3 Å². The molecule has 0 aliphatic heterocycles. The maximum absolute atomic E-state index is 12.0. The first-order chi connectivity index (χ1) is 10.6. The monoisotopic (exact) mass is 299 g/mol. The lowest BCUT2D eigenvalue weighted by atomic mass is 10.1. The van der Waals surface area contributed by atoms with Gasteiger partial charge in [-0.3, -0.25) is 4.79 Å². The molecule has 1 aromatic carbocycles. The summed E-state index contributed by atoms with van der Waals surface area (Å²) in [5.41, 5.74) is 1.66. The molecular formula is C16H17N3O3. The SMILES string of the molecule is CCC(C)NC(=O)c1nnc(-c2oc3ccccc3c2C)o1. The number of carbonyl (C=O) groups excluding carboxylic acids is 1. The number of nitrogens with one attached hydrogen (secondary N) is 1. The molecule has 0 aliphatic rings. The molecule has 22 heavy (non-hydrogen) atoms. The van der Waals surface area contributed by atoms with Crippen LogP contribution in [0.15, 0.2) is 33.1 Å². The number of rotatable bonds is 4. The molecule has 1 N–H and O–H groups in total. The summed E-state index contributed by atoms with van der Waals surface area (Å²) in [5, 5.41) is 11.5. The predicted molar refractivity (Wildman–Crippen MR) is 81.5 cm³/mol. The summed E-state index contributed by atoms with van der Waals surface area (Å²) in [7, 11) is 0. The van der Waals surface area contributed by atoms with Gasteiger partial charge < -0.3 is 14.2 Å². The van der Waals surface area contributed by atoms with Crippen LogP contribution in [0, 0.1) is 6.92 Å². The van der Waals surface area contributed by atoms with Gasteiger partial charge in [0.15, 0.2) is 5.76 Å². The van der Waals surface area contributed by atoms with Crippen LogP contribution >= 0.6 is 0 Å². The zero-order valence-corrected chi connectivity index (χ0v) is 12.7. The second-order valence-electron chi connectivity index (χ2n) is 5.25. The van der Waals surface area contributed by atoms with Crippen LogP contribution in [0.5, 0.6) is 0 Å². The molecular weight excluding hydrogens is 282 g/mol. The van der Waals surface area contributed by atoms with Crippen LogP contribution < -0.4 is 5.32 Å². The Labute approximate surface area is 127 Å². The summed E-state index contributed by atoms with van der Waals surface area (Å²) in [6.07, 6.45) is 0.829. The van der Waals surface area contributed by atoms with Crippen LogP contribution in [-0.4, -0.2) is 22.1 Å². The van der Waals surface area contributed by atoms with Gasteiger partial charge in [0.2, 0.25) is 0 Å². The first-order valence-corrected chi connectivity index (χ1v) is 7.23. The van der Waals surface area contributed by atoms with Gasteiger partial charge in [-0.1, -0.05) is 25.1 Å². The zero-order valence-electron chi connectivity index (χ0n) is 12.7. The molecule has 0 radical (unpaired) electrons. The molecule has 0 aliphatic carbocycles. The fourth-order valence-electron chi connectivity index (χ4n) is 2.17. The Morgan fingerprint density at radius 3 is 2.77 bits per heavy atom. The quantitative estimate of drug-likeness (QED) is 0.799. The number of aryl methyl sites for hydroxylation is 1. The summed E-state index contributed by atoms with van der Waals surface area (Å²) >= 11 is 0. The lowest BCUT2D eigenvalue weighted by Gasteiger charge is -2.08. The maximum atomic E-state index is 12.0. The van der Waals surface area contributed by atoms with E-state index in [1.165, 1.54) is 0 Å². The van der Waals surface area contributed by atoms with Crippen molar-refractivity contribution in [2.75, 3.05) is 0 Å². The standard InChI is InChI=1S/C16H17N3O3/c1-4-9(2)17-14(20)16-19-18-15(22-16)13-10(3)11-7-5-6-8-12(11)21-13/h5-9H,4H2,1-3H3,(H,17,20). The maximum Gasteiger partial charge on any atom is 0.309 e. The third-order valence-electron chi connectivity index (χ3n) is 3.65. The Balaban J connectivity index is 1.92. The topological polar surface area (TPSA) is 81.2 Å². The minimum absolute atomic E-state index is 0.0517. The molecule has 0 saturated heterocycles. The Hall–Kier alpha value is -2.63. The number of fused-ring (bicyclic) bond motifs is 1. The molecule has 3 aromatic rings. The van der Waals surface area contributed by atoms with E-state index in [2.05, 4.69) is 15.5 Å². The summed E-state index contributed by atoms with van der Waals surface area (Å²) in [6, 6.07) is 7.72. The molecule has 0 bridgehead atoms. The molecule has 0 spiro atoms. The number of aromatic nitrogens is 2. The molecule has 0 fully saturated rings. The van der Waals surface area contributed by atoms with Gasteiger partial charge in [0.25, 0.3) is 5.89 Å². The van der Waals surface area contributed by atoms with Gasteiger partial charge >= 0.3 is 11.8 Å². The van der Waals surface area contributed by atoms with E-state index in [-0.39, 0.29) is 23.7 Å². The summed E-state index contributed by atoms with van der Waals surface area (Å²) in [5.74, 6) is 0.274. The van der Waals surface area contributed by atoms with E-state index in [9.17, 15) is 4.79 Å². The number of amides is 1. The molecule has 2 heterocycles.